The van der Waals surface area contributed by atoms with Gasteiger partial charge in [-0.25, -0.2) is 13.6 Å². The number of carbonyl (C=O) groups excluding carboxylic acids is 1. The van der Waals surface area contributed by atoms with Gasteiger partial charge in [-0.15, -0.1) is 0 Å². The predicted octanol–water partition coefficient (Wildman–Crippen LogP) is 3.15. The average molecular weight is 417 g/mol. The zero-order valence-corrected chi connectivity index (χ0v) is 17.4. The smallest absolute Gasteiger partial charge is 0.246 e. The van der Waals surface area contributed by atoms with E-state index in [9.17, 15) is 13.2 Å². The number of nitrogens with zero attached hydrogens (tertiary/aromatic N) is 1. The third kappa shape index (κ3) is 5.95. The second kappa shape index (κ2) is 9.28. The van der Waals surface area contributed by atoms with E-state index in [0.717, 1.165) is 18.8 Å². The molecule has 1 atom stereocenters. The van der Waals surface area contributed by atoms with Gasteiger partial charge in [0.25, 0.3) is 0 Å². The standard InChI is InChI=1S/C21H28N4O3S/c1-16(21(26)24-18-8-12-20(13-9-18)29(22,27)28)23-17-6-10-19(11-7-17)25-14-4-2-3-5-15-25/h6-13,16,23H,2-5,14-15H2,1H3,(H,24,26)(H2,22,27,28)/t16-/m1/s1. The van der Waals surface area contributed by atoms with Gasteiger partial charge in [-0.2, -0.15) is 0 Å². The van der Waals surface area contributed by atoms with Crippen LogP contribution in [0.5, 0.6) is 0 Å². The summed E-state index contributed by atoms with van der Waals surface area (Å²) >= 11 is 0. The Morgan fingerprint density at radius 3 is 2.03 bits per heavy atom. The topological polar surface area (TPSA) is 105 Å². The zero-order chi connectivity index (χ0) is 20.9. The second-order valence-corrected chi connectivity index (χ2v) is 8.93. The van der Waals surface area contributed by atoms with Gasteiger partial charge < -0.3 is 15.5 Å². The van der Waals surface area contributed by atoms with E-state index in [2.05, 4.69) is 27.7 Å². The van der Waals surface area contributed by atoms with Crippen LogP contribution in [0.2, 0.25) is 0 Å². The minimum atomic E-state index is -3.75. The molecule has 1 heterocycles. The molecule has 0 aromatic heterocycles. The lowest BCUT2D eigenvalue weighted by Crippen LogP contribution is -2.31. The Kier molecular flexibility index (Phi) is 6.76. The van der Waals surface area contributed by atoms with E-state index in [1.165, 1.54) is 55.6 Å². The van der Waals surface area contributed by atoms with Crippen LogP contribution in [0.4, 0.5) is 17.1 Å². The highest BCUT2D eigenvalue weighted by Gasteiger charge is 2.15. The number of primary sulfonamides is 1. The summed E-state index contributed by atoms with van der Waals surface area (Å²) in [6.45, 7) is 3.96. The van der Waals surface area contributed by atoms with Gasteiger partial charge in [0.05, 0.1) is 4.90 Å². The molecule has 4 N–H and O–H groups in total. The molecule has 1 fully saturated rings. The highest BCUT2D eigenvalue weighted by atomic mass is 32.2. The van der Waals surface area contributed by atoms with Gasteiger partial charge >= 0.3 is 0 Å². The molecule has 0 bridgehead atoms. The molecule has 8 heteroatoms. The van der Waals surface area contributed by atoms with Gasteiger partial charge in [0.1, 0.15) is 6.04 Å². The Hall–Kier alpha value is -2.58. The maximum Gasteiger partial charge on any atom is 0.246 e. The number of hydrogen-bond donors (Lipinski definition) is 3. The summed E-state index contributed by atoms with van der Waals surface area (Å²) < 4.78 is 22.6. The maximum absolute atomic E-state index is 12.4. The maximum atomic E-state index is 12.4. The summed E-state index contributed by atoms with van der Waals surface area (Å²) in [5, 5.41) is 11.0. The Labute approximate surface area is 172 Å². The second-order valence-electron chi connectivity index (χ2n) is 7.37. The molecule has 0 unspecified atom stereocenters. The lowest BCUT2D eigenvalue weighted by molar-refractivity contribution is -0.116. The van der Waals surface area contributed by atoms with E-state index in [-0.39, 0.29) is 10.8 Å². The van der Waals surface area contributed by atoms with Crippen molar-refractivity contribution in [2.45, 2.75) is 43.5 Å². The van der Waals surface area contributed by atoms with Crippen LogP contribution in [0.25, 0.3) is 0 Å². The van der Waals surface area contributed by atoms with Crippen LogP contribution in [0, 0.1) is 0 Å². The molecule has 2 aromatic rings. The highest BCUT2D eigenvalue weighted by molar-refractivity contribution is 7.89. The Bertz CT molecular complexity index is 919. The first-order chi connectivity index (χ1) is 13.8. The molecule has 156 valence electrons. The summed E-state index contributed by atoms with van der Waals surface area (Å²) in [5.41, 5.74) is 2.59. The number of anilines is 3. The lowest BCUT2D eigenvalue weighted by Gasteiger charge is -2.23. The number of benzene rings is 2. The number of amides is 1. The molecule has 7 nitrogen and oxygen atoms in total. The quantitative estimate of drug-likeness (QED) is 0.671. The fourth-order valence-corrected chi connectivity index (χ4v) is 3.91. The SMILES string of the molecule is C[C@@H](Nc1ccc(N2CCCCCC2)cc1)C(=O)Nc1ccc(S(N)(=O)=O)cc1. The summed E-state index contributed by atoms with van der Waals surface area (Å²) in [6, 6.07) is 13.5. The minimum Gasteiger partial charge on any atom is -0.374 e. The molecule has 1 aliphatic heterocycles. The van der Waals surface area contributed by atoms with Gasteiger partial charge in [0, 0.05) is 30.2 Å². The van der Waals surface area contributed by atoms with Crippen molar-refractivity contribution in [3.63, 3.8) is 0 Å². The highest BCUT2D eigenvalue weighted by Crippen LogP contribution is 2.22. The predicted molar refractivity (Wildman–Crippen MR) is 117 cm³/mol. The first kappa shape index (κ1) is 21.1. The summed E-state index contributed by atoms with van der Waals surface area (Å²) in [7, 11) is -3.75. The van der Waals surface area contributed by atoms with Gasteiger partial charge in [-0.1, -0.05) is 12.8 Å². The van der Waals surface area contributed by atoms with Crippen LogP contribution in [0.15, 0.2) is 53.4 Å². The Morgan fingerprint density at radius 1 is 0.931 bits per heavy atom. The van der Waals surface area contributed by atoms with Gasteiger partial charge in [0.15, 0.2) is 0 Å². The summed E-state index contributed by atoms with van der Waals surface area (Å²) in [5.74, 6) is -0.218. The van der Waals surface area contributed by atoms with Crippen LogP contribution >= 0.6 is 0 Å². The van der Waals surface area contributed by atoms with E-state index < -0.39 is 16.1 Å². The fourth-order valence-electron chi connectivity index (χ4n) is 3.39. The molecule has 1 amide bonds. The zero-order valence-electron chi connectivity index (χ0n) is 16.6. The van der Waals surface area contributed by atoms with Crippen molar-refractivity contribution in [2.75, 3.05) is 28.6 Å². The van der Waals surface area contributed by atoms with Gasteiger partial charge in [0.2, 0.25) is 15.9 Å². The fraction of sp³-hybridized carbons (Fsp3) is 0.381. The van der Waals surface area contributed by atoms with E-state index in [0.29, 0.717) is 5.69 Å². The van der Waals surface area contributed by atoms with Crippen molar-refractivity contribution in [3.05, 3.63) is 48.5 Å². The number of sulfonamides is 1. The number of nitrogens with one attached hydrogen (secondary N) is 2. The normalized spacial score (nSPS) is 16.0. The molecule has 2 aromatic carbocycles. The molecule has 29 heavy (non-hydrogen) atoms. The van der Waals surface area contributed by atoms with Crippen LogP contribution in [-0.4, -0.2) is 33.5 Å². The molecule has 1 saturated heterocycles. The molecule has 0 spiro atoms. The van der Waals surface area contributed by atoms with Gasteiger partial charge in [-0.3, -0.25) is 4.79 Å². The van der Waals surface area contributed by atoms with Crippen molar-refractivity contribution >= 4 is 33.0 Å². The first-order valence-electron chi connectivity index (χ1n) is 9.88. The Balaban J connectivity index is 1.56. The number of nitrogens with two attached hydrogens (primary N) is 1. The van der Waals surface area contributed by atoms with E-state index >= 15 is 0 Å². The summed E-state index contributed by atoms with van der Waals surface area (Å²) in [6.07, 6.45) is 5.06. The van der Waals surface area contributed by atoms with Crippen molar-refractivity contribution in [3.8, 4) is 0 Å². The number of rotatable bonds is 6. The van der Waals surface area contributed by atoms with Crippen molar-refractivity contribution in [2.24, 2.45) is 5.14 Å². The van der Waals surface area contributed by atoms with Crippen LogP contribution < -0.4 is 20.7 Å². The molecule has 0 aliphatic carbocycles. The molecular weight excluding hydrogens is 388 g/mol. The average Bonchev–Trinajstić information content (AvgIpc) is 2.98. The van der Waals surface area contributed by atoms with E-state index in [4.69, 9.17) is 5.14 Å². The van der Waals surface area contributed by atoms with Crippen LogP contribution in [-0.2, 0) is 14.8 Å². The van der Waals surface area contributed by atoms with E-state index in [1.807, 2.05) is 12.1 Å². The van der Waals surface area contributed by atoms with Crippen molar-refractivity contribution in [1.29, 1.82) is 0 Å². The number of hydrogen-bond acceptors (Lipinski definition) is 5. The monoisotopic (exact) mass is 416 g/mol. The lowest BCUT2D eigenvalue weighted by atomic mass is 10.2. The van der Waals surface area contributed by atoms with Crippen LogP contribution in [0.1, 0.15) is 32.6 Å². The molecule has 0 saturated carbocycles. The van der Waals surface area contributed by atoms with Crippen molar-refractivity contribution < 1.29 is 13.2 Å². The van der Waals surface area contributed by atoms with E-state index in [1.54, 1.807) is 6.92 Å². The Morgan fingerprint density at radius 2 is 1.48 bits per heavy atom. The minimum absolute atomic E-state index is 0.00571. The molecular formula is C21H28N4O3S. The molecule has 1 aliphatic rings. The van der Waals surface area contributed by atoms with Crippen LogP contribution in [0.3, 0.4) is 0 Å². The number of carbonyl (C=O) groups is 1. The van der Waals surface area contributed by atoms with Gasteiger partial charge in [-0.05, 0) is 68.3 Å². The van der Waals surface area contributed by atoms with Crippen molar-refractivity contribution in [1.82, 2.24) is 0 Å². The largest absolute Gasteiger partial charge is 0.374 e. The molecule has 0 radical (unpaired) electrons. The molecule has 3 rings (SSSR count). The third-order valence-corrected chi connectivity index (χ3v) is 5.99. The first-order valence-corrected chi connectivity index (χ1v) is 11.4. The third-order valence-electron chi connectivity index (χ3n) is 5.07. The summed E-state index contributed by atoms with van der Waals surface area (Å²) in [4.78, 5) is 14.8.